The lowest BCUT2D eigenvalue weighted by Gasteiger charge is -2.22. The number of carboxylic acid groups (broad SMARTS) is 1. The van der Waals surface area contributed by atoms with Gasteiger partial charge >= 0.3 is 5.97 Å². The van der Waals surface area contributed by atoms with Gasteiger partial charge in [-0.1, -0.05) is 13.8 Å². The molecule has 0 aliphatic carbocycles. The number of aliphatic hydroxyl groups is 1. The molecule has 0 saturated heterocycles. The van der Waals surface area contributed by atoms with Crippen molar-refractivity contribution in [1.29, 1.82) is 0 Å². The van der Waals surface area contributed by atoms with Crippen molar-refractivity contribution in [2.75, 3.05) is 13.2 Å². The molecule has 0 spiro atoms. The molecule has 0 aliphatic heterocycles. The van der Waals surface area contributed by atoms with Crippen LogP contribution in [0, 0.1) is 5.92 Å². The Morgan fingerprint density at radius 1 is 1.04 bits per heavy atom. The minimum absolute atomic E-state index is 0.223. The molecule has 3 atom stereocenters. The van der Waals surface area contributed by atoms with Crippen molar-refractivity contribution in [1.82, 2.24) is 10.6 Å². The van der Waals surface area contributed by atoms with Crippen LogP contribution in [0.4, 0.5) is 0 Å². The van der Waals surface area contributed by atoms with Crippen LogP contribution in [0.15, 0.2) is 0 Å². The molecule has 24 heavy (non-hydrogen) atoms. The summed E-state index contributed by atoms with van der Waals surface area (Å²) in [6.07, 6.45) is 2.03. The second-order valence-corrected chi connectivity index (χ2v) is 6.16. The van der Waals surface area contributed by atoms with Gasteiger partial charge in [-0.05, 0) is 38.1 Å². The zero-order chi connectivity index (χ0) is 18.7. The van der Waals surface area contributed by atoms with Crippen LogP contribution in [0.5, 0.6) is 0 Å². The van der Waals surface area contributed by atoms with E-state index in [1.54, 1.807) is 0 Å². The summed E-state index contributed by atoms with van der Waals surface area (Å²) in [5, 5.41) is 22.6. The van der Waals surface area contributed by atoms with Crippen molar-refractivity contribution < 1.29 is 24.6 Å². The van der Waals surface area contributed by atoms with Gasteiger partial charge in [0.25, 0.3) is 0 Å². The predicted octanol–water partition coefficient (Wildman–Crippen LogP) is -1.46. The van der Waals surface area contributed by atoms with E-state index in [4.69, 9.17) is 21.7 Å². The van der Waals surface area contributed by atoms with Crippen molar-refractivity contribution >= 4 is 17.8 Å². The molecule has 0 unspecified atom stereocenters. The average molecular weight is 346 g/mol. The molecule has 0 heterocycles. The summed E-state index contributed by atoms with van der Waals surface area (Å²) in [5.41, 5.74) is 11.2. The molecular weight excluding hydrogens is 316 g/mol. The summed E-state index contributed by atoms with van der Waals surface area (Å²) >= 11 is 0. The third-order valence-electron chi connectivity index (χ3n) is 3.44. The monoisotopic (exact) mass is 346 g/mol. The minimum Gasteiger partial charge on any atom is -0.480 e. The smallest absolute Gasteiger partial charge is 0.328 e. The Labute approximate surface area is 142 Å². The number of hydrogen-bond donors (Lipinski definition) is 6. The number of unbranched alkanes of at least 4 members (excludes halogenated alkanes) is 1. The third kappa shape index (κ3) is 8.80. The van der Waals surface area contributed by atoms with Gasteiger partial charge in [-0.25, -0.2) is 4.79 Å². The van der Waals surface area contributed by atoms with Crippen LogP contribution in [-0.4, -0.2) is 59.3 Å². The first-order valence-corrected chi connectivity index (χ1v) is 8.12. The maximum absolute atomic E-state index is 12.2. The van der Waals surface area contributed by atoms with Gasteiger partial charge in [0, 0.05) is 0 Å². The quantitative estimate of drug-likeness (QED) is 0.235. The molecule has 0 rings (SSSR count). The third-order valence-corrected chi connectivity index (χ3v) is 3.44. The first-order valence-electron chi connectivity index (χ1n) is 8.12. The van der Waals surface area contributed by atoms with E-state index in [1.165, 1.54) is 0 Å². The van der Waals surface area contributed by atoms with Crippen LogP contribution >= 0.6 is 0 Å². The Morgan fingerprint density at radius 2 is 1.62 bits per heavy atom. The highest BCUT2D eigenvalue weighted by atomic mass is 16.4. The Kier molecular flexibility index (Phi) is 10.9. The molecule has 9 heteroatoms. The molecule has 9 nitrogen and oxygen atoms in total. The topological polar surface area (TPSA) is 168 Å². The largest absolute Gasteiger partial charge is 0.480 e. The summed E-state index contributed by atoms with van der Waals surface area (Å²) in [6, 6.07) is -3.09. The molecule has 0 radical (unpaired) electrons. The van der Waals surface area contributed by atoms with Crippen LogP contribution in [0.25, 0.3) is 0 Å². The van der Waals surface area contributed by atoms with Crippen molar-refractivity contribution in [3.05, 3.63) is 0 Å². The maximum atomic E-state index is 12.2. The highest BCUT2D eigenvalue weighted by molar-refractivity contribution is 5.91. The number of amides is 2. The first-order chi connectivity index (χ1) is 11.2. The summed E-state index contributed by atoms with van der Waals surface area (Å²) < 4.78 is 0. The van der Waals surface area contributed by atoms with Crippen molar-refractivity contribution in [3.8, 4) is 0 Å². The van der Waals surface area contributed by atoms with Gasteiger partial charge in [-0.3, -0.25) is 9.59 Å². The number of nitrogens with two attached hydrogens (primary N) is 2. The first kappa shape index (κ1) is 22.3. The minimum atomic E-state index is -1.42. The molecular formula is C15H30N4O5. The number of aliphatic carboxylic acids is 1. The number of carbonyl (C=O) groups excluding carboxylic acids is 2. The highest BCUT2D eigenvalue weighted by Crippen LogP contribution is 2.06. The van der Waals surface area contributed by atoms with Gasteiger partial charge in [-0.2, -0.15) is 0 Å². The average Bonchev–Trinajstić information content (AvgIpc) is 2.50. The van der Waals surface area contributed by atoms with Crippen molar-refractivity contribution in [2.24, 2.45) is 17.4 Å². The van der Waals surface area contributed by atoms with Gasteiger partial charge in [0.15, 0.2) is 0 Å². The SMILES string of the molecule is CC(C)C[C@H](N)C(=O)N[C@@H](CCCCN)C(=O)N[C@@H](CO)C(=O)O. The molecule has 0 aromatic carbocycles. The molecule has 0 bridgehead atoms. The van der Waals surface area contributed by atoms with E-state index in [0.29, 0.717) is 32.2 Å². The lowest BCUT2D eigenvalue weighted by atomic mass is 10.0. The van der Waals surface area contributed by atoms with E-state index in [9.17, 15) is 14.4 Å². The molecule has 0 aliphatic rings. The lowest BCUT2D eigenvalue weighted by molar-refractivity contribution is -0.143. The Balaban J connectivity index is 4.85. The number of rotatable bonds is 12. The molecule has 0 saturated carbocycles. The lowest BCUT2D eigenvalue weighted by Crippen LogP contribution is -2.55. The fraction of sp³-hybridized carbons (Fsp3) is 0.800. The predicted molar refractivity (Wildman–Crippen MR) is 88.9 cm³/mol. The fourth-order valence-corrected chi connectivity index (χ4v) is 2.11. The Bertz CT molecular complexity index is 417. The molecule has 8 N–H and O–H groups in total. The molecule has 0 aromatic heterocycles. The van der Waals surface area contributed by atoms with Gasteiger partial charge in [-0.15, -0.1) is 0 Å². The normalized spacial score (nSPS) is 14.8. The van der Waals surface area contributed by atoms with Crippen LogP contribution in [0.2, 0.25) is 0 Å². The van der Waals surface area contributed by atoms with Crippen LogP contribution < -0.4 is 22.1 Å². The molecule has 0 fully saturated rings. The zero-order valence-electron chi connectivity index (χ0n) is 14.3. The van der Waals surface area contributed by atoms with Crippen molar-refractivity contribution in [2.45, 2.75) is 57.7 Å². The summed E-state index contributed by atoms with van der Waals surface area (Å²) in [7, 11) is 0. The van der Waals surface area contributed by atoms with Crippen LogP contribution in [0.1, 0.15) is 39.5 Å². The second kappa shape index (κ2) is 11.8. The standard InChI is InChI=1S/C15H30N4O5/c1-9(2)7-10(17)13(21)18-11(5-3-4-6-16)14(22)19-12(8-20)15(23)24/h9-12,20H,3-8,16-17H2,1-2H3,(H,18,21)(H,19,22)(H,23,24)/t10-,11-,12-/m0/s1. The van der Waals surface area contributed by atoms with Gasteiger partial charge in [0.05, 0.1) is 12.6 Å². The number of aliphatic hydroxyl groups excluding tert-OH is 1. The maximum Gasteiger partial charge on any atom is 0.328 e. The van der Waals surface area contributed by atoms with E-state index in [0.717, 1.165) is 0 Å². The number of nitrogens with one attached hydrogen (secondary N) is 2. The van der Waals surface area contributed by atoms with Crippen LogP contribution in [-0.2, 0) is 14.4 Å². The number of carbonyl (C=O) groups is 3. The summed E-state index contributed by atoms with van der Waals surface area (Å²) in [6.45, 7) is 3.56. The van der Waals surface area contributed by atoms with E-state index in [1.807, 2.05) is 13.8 Å². The Morgan fingerprint density at radius 3 is 2.08 bits per heavy atom. The van der Waals surface area contributed by atoms with Crippen LogP contribution in [0.3, 0.4) is 0 Å². The van der Waals surface area contributed by atoms with Gasteiger partial charge < -0.3 is 32.3 Å². The Hall–Kier alpha value is -1.71. The van der Waals surface area contributed by atoms with Gasteiger partial charge in [0.1, 0.15) is 12.1 Å². The van der Waals surface area contributed by atoms with E-state index < -0.39 is 42.5 Å². The van der Waals surface area contributed by atoms with E-state index in [-0.39, 0.29) is 5.92 Å². The summed E-state index contributed by atoms with van der Waals surface area (Å²) in [4.78, 5) is 35.2. The van der Waals surface area contributed by atoms with E-state index in [2.05, 4.69) is 10.6 Å². The number of carboxylic acids is 1. The number of hydrogen-bond acceptors (Lipinski definition) is 6. The van der Waals surface area contributed by atoms with Crippen molar-refractivity contribution in [3.63, 3.8) is 0 Å². The molecule has 0 aromatic rings. The second-order valence-electron chi connectivity index (χ2n) is 6.16. The fourth-order valence-electron chi connectivity index (χ4n) is 2.11. The molecule has 140 valence electrons. The summed E-state index contributed by atoms with van der Waals surface area (Å²) in [5.74, 6) is -2.26. The zero-order valence-corrected chi connectivity index (χ0v) is 14.3. The van der Waals surface area contributed by atoms with E-state index >= 15 is 0 Å². The highest BCUT2D eigenvalue weighted by Gasteiger charge is 2.27. The molecule has 2 amide bonds. The van der Waals surface area contributed by atoms with Gasteiger partial charge in [0.2, 0.25) is 11.8 Å².